The standard InChI is InChI=1S/C19H24ClNO3/c1-4-13-7-5-6-8-21(13)10-15-17(22)16(20)9-14-11(2)12(3)19(23)24-18(14)15/h9,13,22H,4-8,10H2,1-3H3/p+1/t13-/m1/s1. The highest BCUT2D eigenvalue weighted by Gasteiger charge is 2.28. The molecule has 1 unspecified atom stereocenters. The number of nitrogens with one attached hydrogen (secondary N) is 1. The predicted octanol–water partition coefficient (Wildman–Crippen LogP) is 3.12. The summed E-state index contributed by atoms with van der Waals surface area (Å²) >= 11 is 6.27. The molecule has 2 atom stereocenters. The van der Waals surface area contributed by atoms with Gasteiger partial charge in [-0.15, -0.1) is 0 Å². The number of aryl methyl sites for hydroxylation is 1. The van der Waals surface area contributed by atoms with E-state index < -0.39 is 0 Å². The molecule has 5 heteroatoms. The minimum Gasteiger partial charge on any atom is -0.506 e. The first-order valence-corrected chi connectivity index (χ1v) is 9.10. The van der Waals surface area contributed by atoms with Crippen LogP contribution in [0.2, 0.25) is 5.02 Å². The minimum atomic E-state index is -0.344. The molecule has 0 amide bonds. The van der Waals surface area contributed by atoms with Crippen LogP contribution in [0.25, 0.3) is 11.0 Å². The first-order valence-electron chi connectivity index (χ1n) is 8.73. The van der Waals surface area contributed by atoms with Crippen LogP contribution in [0.5, 0.6) is 5.75 Å². The Balaban J connectivity index is 2.15. The van der Waals surface area contributed by atoms with Gasteiger partial charge in [-0.25, -0.2) is 4.79 Å². The molecule has 2 heterocycles. The molecule has 0 bridgehead atoms. The molecule has 1 aromatic carbocycles. The van der Waals surface area contributed by atoms with Crippen molar-refractivity contribution in [2.45, 2.75) is 59.0 Å². The number of fused-ring (bicyclic) bond motifs is 1. The zero-order valence-corrected chi connectivity index (χ0v) is 15.3. The molecule has 1 saturated heterocycles. The lowest BCUT2D eigenvalue weighted by Crippen LogP contribution is -3.15. The van der Waals surface area contributed by atoms with Gasteiger partial charge in [0.1, 0.15) is 12.3 Å². The summed E-state index contributed by atoms with van der Waals surface area (Å²) in [6.45, 7) is 7.56. The highest BCUT2D eigenvalue weighted by Crippen LogP contribution is 2.35. The molecule has 0 aliphatic carbocycles. The quantitative estimate of drug-likeness (QED) is 0.836. The number of phenolic OH excluding ortho intramolecular Hbond substituents is 1. The van der Waals surface area contributed by atoms with Crippen molar-refractivity contribution in [2.75, 3.05) is 6.54 Å². The average molecular weight is 351 g/mol. The fourth-order valence-corrected chi connectivity index (χ4v) is 4.09. The SMILES string of the molecule is CC[C@@H]1CCCC[NH+]1Cc1c(O)c(Cl)cc2c(C)c(C)c(=O)oc12. The van der Waals surface area contributed by atoms with E-state index in [9.17, 15) is 9.90 Å². The molecule has 3 rings (SSSR count). The van der Waals surface area contributed by atoms with E-state index in [2.05, 4.69) is 6.92 Å². The molecule has 4 nitrogen and oxygen atoms in total. The number of hydrogen-bond donors (Lipinski definition) is 2. The monoisotopic (exact) mass is 350 g/mol. The summed E-state index contributed by atoms with van der Waals surface area (Å²) in [6.07, 6.45) is 4.76. The zero-order chi connectivity index (χ0) is 17.4. The highest BCUT2D eigenvalue weighted by atomic mass is 35.5. The number of phenols is 1. The normalized spacial score (nSPS) is 21.3. The van der Waals surface area contributed by atoms with Gasteiger partial charge in [0.05, 0.1) is 23.2 Å². The lowest BCUT2D eigenvalue weighted by atomic mass is 9.98. The Morgan fingerprint density at radius 3 is 2.79 bits per heavy atom. The van der Waals surface area contributed by atoms with E-state index in [-0.39, 0.29) is 11.4 Å². The van der Waals surface area contributed by atoms with Gasteiger partial charge in [0.25, 0.3) is 0 Å². The molecular weight excluding hydrogens is 326 g/mol. The molecular formula is C19H25ClNO3+. The van der Waals surface area contributed by atoms with Gasteiger partial charge in [0, 0.05) is 10.9 Å². The first kappa shape index (κ1) is 17.3. The molecule has 0 spiro atoms. The highest BCUT2D eigenvalue weighted by molar-refractivity contribution is 6.33. The predicted molar refractivity (Wildman–Crippen MR) is 96.1 cm³/mol. The van der Waals surface area contributed by atoms with E-state index in [0.717, 1.165) is 23.9 Å². The summed E-state index contributed by atoms with van der Waals surface area (Å²) < 4.78 is 5.56. The summed E-state index contributed by atoms with van der Waals surface area (Å²) in [6, 6.07) is 2.27. The average Bonchev–Trinajstić information content (AvgIpc) is 2.58. The maximum absolute atomic E-state index is 12.1. The van der Waals surface area contributed by atoms with E-state index in [1.54, 1.807) is 13.0 Å². The fourth-order valence-electron chi connectivity index (χ4n) is 3.86. The number of likely N-dealkylation sites (tertiary alicyclic amines) is 1. The Kier molecular flexibility index (Phi) is 4.88. The van der Waals surface area contributed by atoms with E-state index in [0.29, 0.717) is 34.3 Å². The smallest absolute Gasteiger partial charge is 0.339 e. The molecule has 1 fully saturated rings. The molecule has 2 N–H and O–H groups in total. The van der Waals surface area contributed by atoms with Gasteiger partial charge in [-0.3, -0.25) is 0 Å². The van der Waals surface area contributed by atoms with Crippen LogP contribution in [0.4, 0.5) is 0 Å². The van der Waals surface area contributed by atoms with Crippen LogP contribution in [0, 0.1) is 13.8 Å². The molecule has 0 saturated carbocycles. The number of halogens is 1. The van der Waals surface area contributed by atoms with Crippen LogP contribution >= 0.6 is 11.6 Å². The maximum atomic E-state index is 12.1. The lowest BCUT2D eigenvalue weighted by molar-refractivity contribution is -0.944. The van der Waals surface area contributed by atoms with Crippen molar-refractivity contribution in [1.29, 1.82) is 0 Å². The van der Waals surface area contributed by atoms with Crippen LogP contribution in [-0.2, 0) is 6.54 Å². The second-order valence-electron chi connectivity index (χ2n) is 6.89. The second-order valence-corrected chi connectivity index (χ2v) is 7.29. The molecule has 1 aliphatic rings. The molecule has 2 aromatic rings. The molecule has 24 heavy (non-hydrogen) atoms. The maximum Gasteiger partial charge on any atom is 0.339 e. The summed E-state index contributed by atoms with van der Waals surface area (Å²) in [4.78, 5) is 13.6. The Morgan fingerprint density at radius 1 is 1.33 bits per heavy atom. The lowest BCUT2D eigenvalue weighted by Gasteiger charge is -2.32. The van der Waals surface area contributed by atoms with Crippen molar-refractivity contribution in [3.8, 4) is 5.75 Å². The van der Waals surface area contributed by atoms with Gasteiger partial charge in [0.15, 0.2) is 5.58 Å². The van der Waals surface area contributed by atoms with Crippen LogP contribution in [0.3, 0.4) is 0 Å². The number of quaternary nitrogens is 1. The van der Waals surface area contributed by atoms with E-state index in [1.807, 2.05) is 6.92 Å². The Morgan fingerprint density at radius 2 is 2.08 bits per heavy atom. The number of benzene rings is 1. The fraction of sp³-hybridized carbons (Fsp3) is 0.526. The summed E-state index contributed by atoms with van der Waals surface area (Å²) in [5, 5.41) is 11.7. The van der Waals surface area contributed by atoms with Gasteiger partial charge in [-0.05, 0) is 51.2 Å². The third-order valence-corrected chi connectivity index (χ3v) is 5.83. The number of rotatable bonds is 3. The molecule has 1 aliphatic heterocycles. The Labute approximate surface area is 147 Å². The summed E-state index contributed by atoms with van der Waals surface area (Å²) in [7, 11) is 0. The third-order valence-electron chi connectivity index (χ3n) is 5.54. The third kappa shape index (κ3) is 2.93. The number of piperidine rings is 1. The van der Waals surface area contributed by atoms with Crippen LogP contribution < -0.4 is 10.5 Å². The molecule has 1 aromatic heterocycles. The van der Waals surface area contributed by atoms with Gasteiger partial charge < -0.3 is 14.4 Å². The van der Waals surface area contributed by atoms with Crippen LogP contribution in [0.15, 0.2) is 15.3 Å². The van der Waals surface area contributed by atoms with E-state index in [4.69, 9.17) is 16.0 Å². The van der Waals surface area contributed by atoms with Crippen LogP contribution in [0.1, 0.15) is 49.3 Å². The van der Waals surface area contributed by atoms with Gasteiger partial charge in [-0.2, -0.15) is 0 Å². The minimum absolute atomic E-state index is 0.0449. The van der Waals surface area contributed by atoms with Crippen molar-refractivity contribution in [3.63, 3.8) is 0 Å². The van der Waals surface area contributed by atoms with E-state index >= 15 is 0 Å². The van der Waals surface area contributed by atoms with Gasteiger partial charge >= 0.3 is 5.63 Å². The van der Waals surface area contributed by atoms with Crippen LogP contribution in [-0.4, -0.2) is 17.7 Å². The number of hydrogen-bond acceptors (Lipinski definition) is 3. The zero-order valence-electron chi connectivity index (χ0n) is 14.5. The summed E-state index contributed by atoms with van der Waals surface area (Å²) in [5.74, 6) is 0.0449. The van der Waals surface area contributed by atoms with Crippen molar-refractivity contribution in [2.24, 2.45) is 0 Å². The molecule has 130 valence electrons. The first-order chi connectivity index (χ1) is 11.4. The topological polar surface area (TPSA) is 54.9 Å². The van der Waals surface area contributed by atoms with Crippen molar-refractivity contribution < 1.29 is 14.4 Å². The van der Waals surface area contributed by atoms with Gasteiger partial charge in [0.2, 0.25) is 0 Å². The number of aromatic hydroxyl groups is 1. The Bertz CT molecular complexity index is 828. The Hall–Kier alpha value is -1.52. The van der Waals surface area contributed by atoms with E-state index in [1.165, 1.54) is 24.2 Å². The molecule has 0 radical (unpaired) electrons. The largest absolute Gasteiger partial charge is 0.506 e. The summed E-state index contributed by atoms with van der Waals surface area (Å²) in [5.41, 5.74) is 2.26. The van der Waals surface area contributed by atoms with Gasteiger partial charge in [-0.1, -0.05) is 18.5 Å². The van der Waals surface area contributed by atoms with Crippen molar-refractivity contribution in [1.82, 2.24) is 0 Å². The second kappa shape index (κ2) is 6.77. The van der Waals surface area contributed by atoms with Crippen molar-refractivity contribution in [3.05, 3.63) is 38.2 Å². The van der Waals surface area contributed by atoms with Crippen molar-refractivity contribution >= 4 is 22.6 Å².